The summed E-state index contributed by atoms with van der Waals surface area (Å²) < 4.78 is 46.3. The molecule has 1 heterocycles. The van der Waals surface area contributed by atoms with Gasteiger partial charge in [0.15, 0.2) is 5.69 Å². The highest BCUT2D eigenvalue weighted by atomic mass is 19.4. The number of aromatic nitrogens is 3. The minimum Gasteiger partial charge on any atom is -0.476 e. The molecule has 0 aliphatic heterocycles. The number of methoxy groups -OCH3 is 1. The van der Waals surface area contributed by atoms with Crippen LogP contribution in [0.2, 0.25) is 0 Å². The average Bonchev–Trinajstić information content (AvgIpc) is 2.83. The molecule has 7 nitrogen and oxygen atoms in total. The molecule has 0 amide bonds. The van der Waals surface area contributed by atoms with Crippen molar-refractivity contribution in [3.63, 3.8) is 0 Å². The van der Waals surface area contributed by atoms with E-state index >= 15 is 0 Å². The molecule has 1 aromatic heterocycles. The average molecular weight is 331 g/mol. The molecule has 0 atom stereocenters. The van der Waals surface area contributed by atoms with Gasteiger partial charge >= 0.3 is 12.3 Å². The molecule has 1 N–H and O–H groups in total. The number of benzene rings is 1. The largest absolute Gasteiger partial charge is 0.573 e. The molecule has 0 aliphatic carbocycles. The summed E-state index contributed by atoms with van der Waals surface area (Å²) in [4.78, 5) is 11.0. The molecule has 10 heteroatoms. The first-order valence-corrected chi connectivity index (χ1v) is 6.29. The molecular formula is C13H12F3N3O4. The molecule has 2 aromatic rings. The highest BCUT2D eigenvalue weighted by Gasteiger charge is 2.31. The van der Waals surface area contributed by atoms with Crippen LogP contribution in [0.5, 0.6) is 5.75 Å². The second kappa shape index (κ2) is 6.65. The van der Waals surface area contributed by atoms with Gasteiger partial charge in [-0.3, -0.25) is 0 Å². The van der Waals surface area contributed by atoms with Gasteiger partial charge in [0, 0.05) is 7.11 Å². The van der Waals surface area contributed by atoms with Crippen LogP contribution in [-0.4, -0.2) is 39.5 Å². The van der Waals surface area contributed by atoms with Crippen LogP contribution >= 0.6 is 0 Å². The van der Waals surface area contributed by atoms with Gasteiger partial charge in [-0.2, -0.15) is 0 Å². The van der Waals surface area contributed by atoms with E-state index in [1.165, 1.54) is 23.9 Å². The highest BCUT2D eigenvalue weighted by molar-refractivity contribution is 5.86. The zero-order chi connectivity index (χ0) is 17.0. The van der Waals surface area contributed by atoms with Gasteiger partial charge in [0.2, 0.25) is 0 Å². The minimum atomic E-state index is -4.75. The van der Waals surface area contributed by atoms with Crippen molar-refractivity contribution in [3.8, 4) is 5.75 Å². The number of alkyl halides is 3. The number of hydrogen-bond acceptors (Lipinski definition) is 5. The Balaban J connectivity index is 2.17. The Bertz CT molecular complexity index is 683. The van der Waals surface area contributed by atoms with Crippen molar-refractivity contribution in [1.82, 2.24) is 15.0 Å². The van der Waals surface area contributed by atoms with E-state index in [1.807, 2.05) is 0 Å². The molecule has 0 bridgehead atoms. The summed E-state index contributed by atoms with van der Waals surface area (Å²) in [6.07, 6.45) is -4.75. The number of rotatable bonds is 6. The smallest absolute Gasteiger partial charge is 0.476 e. The lowest BCUT2D eigenvalue weighted by atomic mass is 10.2. The molecule has 0 unspecified atom stereocenters. The Hall–Kier alpha value is -2.62. The third-order valence-corrected chi connectivity index (χ3v) is 2.81. The summed E-state index contributed by atoms with van der Waals surface area (Å²) >= 11 is 0. The fourth-order valence-electron chi connectivity index (χ4n) is 1.87. The zero-order valence-corrected chi connectivity index (χ0v) is 11.9. The number of nitrogens with zero attached hydrogens (tertiary/aromatic N) is 3. The Morgan fingerprint density at radius 2 is 1.96 bits per heavy atom. The third kappa shape index (κ3) is 4.42. The van der Waals surface area contributed by atoms with Crippen LogP contribution in [0.25, 0.3) is 0 Å². The topological polar surface area (TPSA) is 86.5 Å². The van der Waals surface area contributed by atoms with Gasteiger partial charge in [0.25, 0.3) is 0 Å². The number of aromatic carboxylic acids is 1. The summed E-state index contributed by atoms with van der Waals surface area (Å²) in [5.74, 6) is -1.58. The first-order chi connectivity index (χ1) is 10.8. The van der Waals surface area contributed by atoms with Crippen molar-refractivity contribution in [2.75, 3.05) is 7.11 Å². The maximum atomic E-state index is 12.1. The summed E-state index contributed by atoms with van der Waals surface area (Å²) in [6.45, 7) is 0.120. The summed E-state index contributed by atoms with van der Waals surface area (Å²) in [5.41, 5.74) is 0.623. The van der Waals surface area contributed by atoms with Crippen LogP contribution < -0.4 is 4.74 Å². The quantitative estimate of drug-likeness (QED) is 0.872. The van der Waals surface area contributed by atoms with Crippen molar-refractivity contribution in [3.05, 3.63) is 41.2 Å². The van der Waals surface area contributed by atoms with E-state index in [9.17, 15) is 18.0 Å². The second-order valence-corrected chi connectivity index (χ2v) is 4.47. The monoisotopic (exact) mass is 331 g/mol. The number of ether oxygens (including phenoxy) is 2. The Morgan fingerprint density at radius 3 is 2.48 bits per heavy atom. The number of hydrogen-bond donors (Lipinski definition) is 1. The maximum Gasteiger partial charge on any atom is 0.573 e. The van der Waals surface area contributed by atoms with Gasteiger partial charge in [-0.25, -0.2) is 9.48 Å². The van der Waals surface area contributed by atoms with E-state index in [4.69, 9.17) is 9.84 Å². The van der Waals surface area contributed by atoms with Gasteiger partial charge < -0.3 is 14.6 Å². The Kier molecular flexibility index (Phi) is 4.84. The lowest BCUT2D eigenvalue weighted by Crippen LogP contribution is -2.17. The fourth-order valence-corrected chi connectivity index (χ4v) is 1.87. The van der Waals surface area contributed by atoms with Gasteiger partial charge in [-0.1, -0.05) is 17.3 Å². The second-order valence-electron chi connectivity index (χ2n) is 4.47. The molecule has 0 fully saturated rings. The molecule has 0 radical (unpaired) electrons. The number of carboxylic acid groups (broad SMARTS) is 1. The number of carbonyl (C=O) groups is 1. The molecule has 0 saturated heterocycles. The van der Waals surface area contributed by atoms with E-state index in [-0.39, 0.29) is 30.3 Å². The van der Waals surface area contributed by atoms with E-state index in [0.29, 0.717) is 5.56 Å². The molecule has 0 spiro atoms. The molecule has 0 aliphatic rings. The maximum absolute atomic E-state index is 12.1. The summed E-state index contributed by atoms with van der Waals surface area (Å²) in [7, 11) is 1.40. The third-order valence-electron chi connectivity index (χ3n) is 2.81. The normalized spacial score (nSPS) is 11.5. The van der Waals surface area contributed by atoms with E-state index in [0.717, 1.165) is 12.1 Å². The van der Waals surface area contributed by atoms with Crippen molar-refractivity contribution >= 4 is 5.97 Å². The predicted octanol–water partition coefficient (Wildman–Crippen LogP) is 2.07. The first-order valence-electron chi connectivity index (χ1n) is 6.29. The van der Waals surface area contributed by atoms with Crippen LogP contribution in [0.1, 0.15) is 21.7 Å². The predicted molar refractivity (Wildman–Crippen MR) is 69.9 cm³/mol. The van der Waals surface area contributed by atoms with Crippen LogP contribution in [0, 0.1) is 0 Å². The first kappa shape index (κ1) is 16.7. The Morgan fingerprint density at radius 1 is 1.30 bits per heavy atom. The molecular weight excluding hydrogens is 319 g/mol. The van der Waals surface area contributed by atoms with Crippen LogP contribution in [-0.2, 0) is 17.9 Å². The van der Waals surface area contributed by atoms with Crippen LogP contribution in [0.4, 0.5) is 13.2 Å². The van der Waals surface area contributed by atoms with Crippen molar-refractivity contribution in [1.29, 1.82) is 0 Å². The van der Waals surface area contributed by atoms with E-state index < -0.39 is 12.3 Å². The lowest BCUT2D eigenvalue weighted by Gasteiger charge is -2.10. The van der Waals surface area contributed by atoms with Gasteiger partial charge in [-0.15, -0.1) is 18.3 Å². The fraction of sp³-hybridized carbons (Fsp3) is 0.308. The molecule has 0 saturated carbocycles. The minimum absolute atomic E-state index is 0.0100. The number of carboxylic acids is 1. The van der Waals surface area contributed by atoms with Crippen molar-refractivity contribution in [2.45, 2.75) is 19.5 Å². The molecule has 1 aromatic carbocycles. The van der Waals surface area contributed by atoms with Gasteiger partial charge in [0.05, 0.1) is 18.8 Å². The van der Waals surface area contributed by atoms with Gasteiger partial charge in [-0.05, 0) is 17.7 Å². The van der Waals surface area contributed by atoms with Crippen LogP contribution in [0.3, 0.4) is 0 Å². The molecule has 124 valence electrons. The van der Waals surface area contributed by atoms with Crippen molar-refractivity contribution < 1.29 is 32.5 Å². The highest BCUT2D eigenvalue weighted by Crippen LogP contribution is 2.23. The lowest BCUT2D eigenvalue weighted by molar-refractivity contribution is -0.274. The van der Waals surface area contributed by atoms with Crippen molar-refractivity contribution in [2.24, 2.45) is 0 Å². The zero-order valence-electron chi connectivity index (χ0n) is 11.9. The molecule has 23 heavy (non-hydrogen) atoms. The number of halogens is 3. The van der Waals surface area contributed by atoms with E-state index in [1.54, 1.807) is 0 Å². The van der Waals surface area contributed by atoms with Crippen LogP contribution in [0.15, 0.2) is 24.3 Å². The summed E-state index contributed by atoms with van der Waals surface area (Å²) in [6, 6.07) is 5.15. The summed E-state index contributed by atoms with van der Waals surface area (Å²) in [5, 5.41) is 16.3. The van der Waals surface area contributed by atoms with E-state index in [2.05, 4.69) is 15.0 Å². The van der Waals surface area contributed by atoms with Gasteiger partial charge in [0.1, 0.15) is 5.75 Å². The molecule has 2 rings (SSSR count). The SMILES string of the molecule is COCc1c(C(=O)O)nnn1Cc1ccc(OC(F)(F)F)cc1. The standard InChI is InChI=1S/C13H12F3N3O4/c1-22-7-10-11(12(20)21)17-18-19(10)6-8-2-4-9(5-3-8)23-13(14,15)16/h2-5H,6-7H2,1H3,(H,20,21). The Labute approximate surface area is 128 Å².